The molecule has 0 spiro atoms. The van der Waals surface area contributed by atoms with Gasteiger partial charge in [-0.1, -0.05) is 48.9 Å². The van der Waals surface area contributed by atoms with E-state index in [1.165, 1.54) is 7.11 Å². The van der Waals surface area contributed by atoms with Gasteiger partial charge in [-0.05, 0) is 6.07 Å². The average molecular weight is 585 g/mol. The van der Waals surface area contributed by atoms with Gasteiger partial charge in [-0.25, -0.2) is 19.4 Å². The van der Waals surface area contributed by atoms with Gasteiger partial charge in [0.05, 0.1) is 29.5 Å². The van der Waals surface area contributed by atoms with Crippen molar-refractivity contribution in [2.24, 2.45) is 5.92 Å². The molecule has 0 amide bonds. The van der Waals surface area contributed by atoms with Gasteiger partial charge in [0.25, 0.3) is 5.82 Å². The first-order valence-corrected chi connectivity index (χ1v) is 12.5. The van der Waals surface area contributed by atoms with Gasteiger partial charge in [0, 0.05) is 24.8 Å². The van der Waals surface area contributed by atoms with Gasteiger partial charge in [-0.3, -0.25) is 0 Å². The van der Waals surface area contributed by atoms with E-state index in [4.69, 9.17) is 35.3 Å². The van der Waals surface area contributed by atoms with Crippen LogP contribution in [0.5, 0.6) is 0 Å². The minimum absolute atomic E-state index is 0.0779. The molecule has 1 aromatic carbocycles. The van der Waals surface area contributed by atoms with Crippen LogP contribution in [0.1, 0.15) is 47.0 Å². The number of pyridine rings is 1. The van der Waals surface area contributed by atoms with Crippen LogP contribution in [0.25, 0.3) is 5.69 Å². The number of aromatic carboxylic acids is 1. The number of carbonyl (C=O) groups is 1. The molecule has 6 atom stereocenters. The summed E-state index contributed by atoms with van der Waals surface area (Å²) in [4.78, 5) is 19.3. The zero-order valence-corrected chi connectivity index (χ0v) is 21.9. The van der Waals surface area contributed by atoms with Crippen LogP contribution in [-0.4, -0.2) is 69.6 Å². The van der Waals surface area contributed by atoms with Crippen molar-refractivity contribution in [3.8, 4) is 5.69 Å². The number of nitrogens with zero attached hydrogens (tertiary/aromatic N) is 4. The molecular weight excluding hydrogens is 561 g/mol. The van der Waals surface area contributed by atoms with Crippen LogP contribution in [0.15, 0.2) is 42.6 Å². The number of rotatable bonds is 7. The van der Waals surface area contributed by atoms with Crippen molar-refractivity contribution in [3.05, 3.63) is 70.5 Å². The van der Waals surface area contributed by atoms with Crippen molar-refractivity contribution in [1.29, 1.82) is 0 Å². The number of hydrogen-bond acceptors (Lipinski definition) is 9. The molecule has 0 saturated carbocycles. The van der Waals surface area contributed by atoms with E-state index in [1.807, 2.05) is 37.3 Å². The number of methoxy groups -OCH3 is 1. The zero-order chi connectivity index (χ0) is 28.6. The summed E-state index contributed by atoms with van der Waals surface area (Å²) in [7, 11) is 1.40. The molecule has 5 rings (SSSR count). The number of carboxylic acid groups (broad SMARTS) is 1. The van der Waals surface area contributed by atoms with E-state index in [0.29, 0.717) is 0 Å². The summed E-state index contributed by atoms with van der Waals surface area (Å²) in [5.74, 6) is -3.02. The second-order valence-electron chi connectivity index (χ2n) is 9.20. The average Bonchev–Trinajstić information content (AvgIpc) is 3.38. The summed E-state index contributed by atoms with van der Waals surface area (Å²) < 4.78 is 71.9. The SMILES string of the molecule is COCOC1C(C)[C@H]2OC(c3ccccc3)OCC2O[C@H]1c1nc(C(=O)O)nn1-c1cc(Cl)cnc1C(F)(F)F. The predicted octanol–water partition coefficient (Wildman–Crippen LogP) is 4.21. The molecule has 4 heterocycles. The zero-order valence-electron chi connectivity index (χ0n) is 21.1. The highest BCUT2D eigenvalue weighted by molar-refractivity contribution is 6.30. The van der Waals surface area contributed by atoms with Gasteiger partial charge in [-0.15, -0.1) is 5.10 Å². The molecular formula is C25H24ClF3N4O7. The Morgan fingerprint density at radius 1 is 1.25 bits per heavy atom. The number of aromatic nitrogens is 4. The normalized spacial score (nSPS) is 26.9. The van der Waals surface area contributed by atoms with Crippen LogP contribution in [0.2, 0.25) is 5.02 Å². The lowest BCUT2D eigenvalue weighted by atomic mass is 9.86. The van der Waals surface area contributed by atoms with E-state index in [9.17, 15) is 23.1 Å². The van der Waals surface area contributed by atoms with Gasteiger partial charge in [0.15, 0.2) is 17.8 Å². The molecule has 40 heavy (non-hydrogen) atoms. The molecule has 2 aliphatic heterocycles. The molecule has 15 heteroatoms. The first kappa shape index (κ1) is 28.4. The van der Waals surface area contributed by atoms with E-state index >= 15 is 0 Å². The fourth-order valence-corrected chi connectivity index (χ4v) is 4.97. The van der Waals surface area contributed by atoms with Crippen molar-refractivity contribution >= 4 is 17.6 Å². The lowest BCUT2D eigenvalue weighted by Crippen LogP contribution is -2.56. The Hall–Kier alpha value is -3.14. The monoisotopic (exact) mass is 584 g/mol. The fourth-order valence-electron chi connectivity index (χ4n) is 4.82. The topological polar surface area (TPSA) is 127 Å². The Morgan fingerprint density at radius 3 is 2.67 bits per heavy atom. The summed E-state index contributed by atoms with van der Waals surface area (Å²) in [5.41, 5.74) is -1.17. The summed E-state index contributed by atoms with van der Waals surface area (Å²) in [6, 6.07) is 10.2. The van der Waals surface area contributed by atoms with Crippen LogP contribution >= 0.6 is 11.6 Å². The number of benzene rings is 1. The molecule has 0 radical (unpaired) electrons. The van der Waals surface area contributed by atoms with E-state index in [0.717, 1.165) is 22.5 Å². The van der Waals surface area contributed by atoms with Crippen LogP contribution in [0.4, 0.5) is 13.2 Å². The maximum Gasteiger partial charge on any atom is 0.435 e. The Kier molecular flexibility index (Phi) is 8.08. The van der Waals surface area contributed by atoms with Crippen LogP contribution in [0, 0.1) is 5.92 Å². The lowest BCUT2D eigenvalue weighted by molar-refractivity contribution is -0.327. The van der Waals surface area contributed by atoms with Crippen LogP contribution < -0.4 is 0 Å². The molecule has 1 N–H and O–H groups in total. The molecule has 4 unspecified atom stereocenters. The lowest BCUT2D eigenvalue weighted by Gasteiger charge is -2.48. The number of hydrogen-bond donors (Lipinski definition) is 1. The highest BCUT2D eigenvalue weighted by Gasteiger charge is 2.51. The Morgan fingerprint density at radius 2 is 2.00 bits per heavy atom. The molecule has 2 aromatic heterocycles. The van der Waals surface area contributed by atoms with Crippen molar-refractivity contribution < 1.29 is 46.8 Å². The van der Waals surface area contributed by atoms with Gasteiger partial charge in [-0.2, -0.15) is 13.2 Å². The third-order valence-corrected chi connectivity index (χ3v) is 6.78. The van der Waals surface area contributed by atoms with Gasteiger partial charge < -0.3 is 28.8 Å². The maximum atomic E-state index is 13.9. The quantitative estimate of drug-likeness (QED) is 0.403. The summed E-state index contributed by atoms with van der Waals surface area (Å²) in [6.07, 6.45) is -8.11. The second-order valence-corrected chi connectivity index (χ2v) is 9.63. The van der Waals surface area contributed by atoms with Gasteiger partial charge in [0.2, 0.25) is 0 Å². The van der Waals surface area contributed by atoms with Crippen molar-refractivity contribution in [2.45, 2.75) is 43.8 Å². The maximum absolute atomic E-state index is 13.9. The number of carboxylic acids is 1. The molecule has 0 bridgehead atoms. The molecule has 0 aliphatic carbocycles. The minimum atomic E-state index is -4.91. The third kappa shape index (κ3) is 5.55. The van der Waals surface area contributed by atoms with Crippen LogP contribution in [-0.2, 0) is 29.9 Å². The van der Waals surface area contributed by atoms with Crippen LogP contribution in [0.3, 0.4) is 0 Å². The number of fused-ring (bicyclic) bond motifs is 1. The first-order valence-electron chi connectivity index (χ1n) is 12.1. The molecule has 3 aromatic rings. The standard InChI is InChI=1S/C25H24ClF3N4O7/c1-12-17-16(10-37-24(40-17)13-6-4-3-5-7-13)39-19(18(12)38-11-36-2)22-31-21(23(34)35)32-33(22)15-8-14(26)9-30-20(15)25(27,28)29/h3-9,12,16-19,24H,10-11H2,1-2H3,(H,34,35)/t12?,16?,17-,18?,19-,24?/m1/s1. The van der Waals surface area contributed by atoms with Gasteiger partial charge >= 0.3 is 12.1 Å². The Bertz CT molecular complexity index is 1360. The molecule has 11 nitrogen and oxygen atoms in total. The Labute approximate surface area is 230 Å². The highest BCUT2D eigenvalue weighted by Crippen LogP contribution is 2.43. The summed E-state index contributed by atoms with van der Waals surface area (Å²) >= 11 is 5.99. The van der Waals surface area contributed by atoms with E-state index in [-0.39, 0.29) is 24.2 Å². The first-order chi connectivity index (χ1) is 19.1. The fraction of sp³-hybridized carbons (Fsp3) is 0.440. The third-order valence-electron chi connectivity index (χ3n) is 6.57. The summed E-state index contributed by atoms with van der Waals surface area (Å²) in [5, 5.41) is 13.3. The molecule has 2 fully saturated rings. The van der Waals surface area contributed by atoms with Gasteiger partial charge in [0.1, 0.15) is 19.0 Å². The largest absolute Gasteiger partial charge is 0.475 e. The van der Waals surface area contributed by atoms with E-state index in [2.05, 4.69) is 15.1 Å². The van der Waals surface area contributed by atoms with Crippen molar-refractivity contribution in [1.82, 2.24) is 19.7 Å². The minimum Gasteiger partial charge on any atom is -0.475 e. The number of alkyl halides is 3. The van der Waals surface area contributed by atoms with Crippen molar-refractivity contribution in [3.63, 3.8) is 0 Å². The predicted molar refractivity (Wildman–Crippen MR) is 130 cm³/mol. The summed E-state index contributed by atoms with van der Waals surface area (Å²) in [6.45, 7) is 1.70. The number of halogens is 4. The molecule has 2 aliphatic rings. The van der Waals surface area contributed by atoms with E-state index < -0.39 is 66.0 Å². The van der Waals surface area contributed by atoms with E-state index in [1.54, 1.807) is 0 Å². The molecule has 2 saturated heterocycles. The highest BCUT2D eigenvalue weighted by atomic mass is 35.5. The second kappa shape index (κ2) is 11.4. The molecule has 214 valence electrons. The number of ether oxygens (including phenoxy) is 5. The Balaban J connectivity index is 1.57. The van der Waals surface area contributed by atoms with Crippen molar-refractivity contribution in [2.75, 3.05) is 20.5 Å². The smallest absolute Gasteiger partial charge is 0.435 e.